The van der Waals surface area contributed by atoms with E-state index in [1.165, 1.54) is 11.1 Å². The molecule has 3 aromatic rings. The van der Waals surface area contributed by atoms with E-state index in [2.05, 4.69) is 36.3 Å². The number of rotatable bonds is 8. The standard InChI is InChI=1S/C26H32N4O2S/c1-20-6-3-4-7-23(20)17-24(28(2)26(32)18-30-12-5-11-27-30)22-8-13-29(14-9-22)25(31)16-21-10-15-33-19-21/h3-7,10-12,15,19,22,24H,8-9,13-14,16-18H2,1-2H3/t24-/m1/s1. The fraction of sp³-hybridized carbons (Fsp3) is 0.423. The highest BCUT2D eigenvalue weighted by molar-refractivity contribution is 7.08. The van der Waals surface area contributed by atoms with Gasteiger partial charge in [-0.25, -0.2) is 0 Å². The fourth-order valence-corrected chi connectivity index (χ4v) is 5.40. The predicted molar refractivity (Wildman–Crippen MR) is 131 cm³/mol. The van der Waals surface area contributed by atoms with Gasteiger partial charge in [0.1, 0.15) is 6.54 Å². The monoisotopic (exact) mass is 464 g/mol. The van der Waals surface area contributed by atoms with E-state index in [1.54, 1.807) is 22.2 Å². The average molecular weight is 465 g/mol. The van der Waals surface area contributed by atoms with Gasteiger partial charge in [-0.15, -0.1) is 0 Å². The number of aromatic nitrogens is 2. The quantitative estimate of drug-likeness (QED) is 0.509. The Kier molecular flexibility index (Phi) is 7.60. The molecule has 2 amide bonds. The van der Waals surface area contributed by atoms with E-state index >= 15 is 0 Å². The number of likely N-dealkylation sites (tertiary alicyclic amines) is 1. The molecule has 1 atom stereocenters. The molecule has 0 bridgehead atoms. The van der Waals surface area contributed by atoms with Crippen molar-refractivity contribution in [3.63, 3.8) is 0 Å². The first-order valence-corrected chi connectivity index (χ1v) is 12.5. The molecule has 1 saturated heterocycles. The van der Waals surface area contributed by atoms with Crippen molar-refractivity contribution in [3.8, 4) is 0 Å². The Labute approximate surface area is 199 Å². The molecule has 1 fully saturated rings. The van der Waals surface area contributed by atoms with Crippen LogP contribution in [0.3, 0.4) is 0 Å². The van der Waals surface area contributed by atoms with Crippen LogP contribution in [0.25, 0.3) is 0 Å². The lowest BCUT2D eigenvalue weighted by Crippen LogP contribution is -2.49. The number of likely N-dealkylation sites (N-methyl/N-ethyl adjacent to an activating group) is 1. The molecule has 3 heterocycles. The van der Waals surface area contributed by atoms with Gasteiger partial charge in [0, 0.05) is 38.6 Å². The lowest BCUT2D eigenvalue weighted by Gasteiger charge is -2.40. The Morgan fingerprint density at radius 2 is 1.97 bits per heavy atom. The summed E-state index contributed by atoms with van der Waals surface area (Å²) in [4.78, 5) is 29.8. The van der Waals surface area contributed by atoms with E-state index in [-0.39, 0.29) is 24.4 Å². The number of nitrogens with zero attached hydrogens (tertiary/aromatic N) is 4. The third kappa shape index (κ3) is 5.90. The number of benzene rings is 1. The maximum absolute atomic E-state index is 13.1. The number of piperidine rings is 1. The van der Waals surface area contributed by atoms with Crippen LogP contribution in [0.1, 0.15) is 29.5 Å². The Morgan fingerprint density at radius 3 is 2.64 bits per heavy atom. The molecule has 6 nitrogen and oxygen atoms in total. The Bertz CT molecular complexity index is 1040. The molecule has 1 aliphatic heterocycles. The molecule has 0 spiro atoms. The summed E-state index contributed by atoms with van der Waals surface area (Å²) in [7, 11) is 1.92. The van der Waals surface area contributed by atoms with E-state index in [1.807, 2.05) is 45.9 Å². The van der Waals surface area contributed by atoms with Gasteiger partial charge in [0.2, 0.25) is 11.8 Å². The van der Waals surface area contributed by atoms with E-state index < -0.39 is 0 Å². The zero-order chi connectivity index (χ0) is 23.2. The van der Waals surface area contributed by atoms with Crippen LogP contribution in [0.4, 0.5) is 0 Å². The number of hydrogen-bond acceptors (Lipinski definition) is 4. The second-order valence-electron chi connectivity index (χ2n) is 8.93. The van der Waals surface area contributed by atoms with Crippen LogP contribution in [0.2, 0.25) is 0 Å². The zero-order valence-electron chi connectivity index (χ0n) is 19.4. The van der Waals surface area contributed by atoms with Crippen molar-refractivity contribution in [3.05, 3.63) is 76.2 Å². The molecule has 4 rings (SSSR count). The van der Waals surface area contributed by atoms with Crippen molar-refractivity contribution in [1.29, 1.82) is 0 Å². The third-order valence-corrected chi connectivity index (χ3v) is 7.54. The Hall–Kier alpha value is -2.93. The van der Waals surface area contributed by atoms with Gasteiger partial charge in [-0.2, -0.15) is 16.4 Å². The maximum Gasteiger partial charge on any atom is 0.244 e. The summed E-state index contributed by atoms with van der Waals surface area (Å²) >= 11 is 1.63. The van der Waals surface area contributed by atoms with Crippen molar-refractivity contribution in [2.75, 3.05) is 20.1 Å². The molecule has 2 aromatic heterocycles. The summed E-state index contributed by atoms with van der Waals surface area (Å²) in [6, 6.07) is 12.4. The first-order chi connectivity index (χ1) is 16.0. The summed E-state index contributed by atoms with van der Waals surface area (Å²) in [6.45, 7) is 3.87. The Balaban J connectivity index is 1.44. The van der Waals surface area contributed by atoms with Gasteiger partial charge in [0.15, 0.2) is 0 Å². The van der Waals surface area contributed by atoms with Gasteiger partial charge < -0.3 is 9.80 Å². The molecule has 0 unspecified atom stereocenters. The molecule has 7 heteroatoms. The third-order valence-electron chi connectivity index (χ3n) is 6.81. The van der Waals surface area contributed by atoms with E-state index in [4.69, 9.17) is 0 Å². The van der Waals surface area contributed by atoms with Crippen LogP contribution in [0, 0.1) is 12.8 Å². The van der Waals surface area contributed by atoms with Gasteiger partial charge in [-0.3, -0.25) is 14.3 Å². The number of thiophene rings is 1. The van der Waals surface area contributed by atoms with Crippen molar-refractivity contribution >= 4 is 23.2 Å². The molecular formula is C26H32N4O2S. The summed E-state index contributed by atoms with van der Waals surface area (Å²) in [5.41, 5.74) is 3.62. The highest BCUT2D eigenvalue weighted by Gasteiger charge is 2.33. The van der Waals surface area contributed by atoms with Crippen molar-refractivity contribution in [2.45, 2.75) is 45.2 Å². The maximum atomic E-state index is 13.1. The molecule has 1 aromatic carbocycles. The summed E-state index contributed by atoms with van der Waals surface area (Å²) < 4.78 is 1.68. The average Bonchev–Trinajstić information content (AvgIpc) is 3.53. The van der Waals surface area contributed by atoms with E-state index in [0.717, 1.165) is 37.9 Å². The normalized spacial score (nSPS) is 15.4. The SMILES string of the molecule is Cc1ccccc1C[C@H](C1CCN(C(=O)Cc2ccsc2)CC1)N(C)C(=O)Cn1cccn1. The lowest BCUT2D eigenvalue weighted by molar-refractivity contribution is -0.136. The zero-order valence-corrected chi connectivity index (χ0v) is 20.2. The summed E-state index contributed by atoms with van der Waals surface area (Å²) in [5.74, 6) is 0.611. The second kappa shape index (κ2) is 10.8. The molecule has 0 saturated carbocycles. The van der Waals surface area contributed by atoms with Gasteiger partial charge in [0.05, 0.1) is 6.42 Å². The molecule has 0 N–H and O–H groups in total. The number of hydrogen-bond donors (Lipinski definition) is 0. The van der Waals surface area contributed by atoms with E-state index in [9.17, 15) is 9.59 Å². The molecular weight excluding hydrogens is 432 g/mol. The van der Waals surface area contributed by atoms with Gasteiger partial charge in [-0.05, 0) is 71.7 Å². The smallest absolute Gasteiger partial charge is 0.244 e. The van der Waals surface area contributed by atoms with Crippen LogP contribution in [-0.4, -0.2) is 57.6 Å². The molecule has 0 radical (unpaired) electrons. The van der Waals surface area contributed by atoms with Gasteiger partial charge >= 0.3 is 0 Å². The van der Waals surface area contributed by atoms with Gasteiger partial charge in [0.25, 0.3) is 0 Å². The van der Waals surface area contributed by atoms with Crippen LogP contribution >= 0.6 is 11.3 Å². The number of carbonyl (C=O) groups excluding carboxylic acids is 2. The van der Waals surface area contributed by atoms with Crippen molar-refractivity contribution in [1.82, 2.24) is 19.6 Å². The topological polar surface area (TPSA) is 58.4 Å². The highest BCUT2D eigenvalue weighted by atomic mass is 32.1. The predicted octanol–water partition coefficient (Wildman–Crippen LogP) is 3.80. The number of aryl methyl sites for hydroxylation is 1. The molecule has 1 aliphatic rings. The van der Waals surface area contributed by atoms with Crippen LogP contribution in [-0.2, 0) is 29.0 Å². The first kappa shape index (κ1) is 23.2. The molecule has 174 valence electrons. The summed E-state index contributed by atoms with van der Waals surface area (Å²) in [5, 5.41) is 8.25. The highest BCUT2D eigenvalue weighted by Crippen LogP contribution is 2.28. The number of carbonyl (C=O) groups is 2. The second-order valence-corrected chi connectivity index (χ2v) is 9.71. The molecule has 0 aliphatic carbocycles. The van der Waals surface area contributed by atoms with Crippen LogP contribution in [0.5, 0.6) is 0 Å². The van der Waals surface area contributed by atoms with Crippen molar-refractivity contribution in [2.24, 2.45) is 5.92 Å². The van der Waals surface area contributed by atoms with Crippen molar-refractivity contribution < 1.29 is 9.59 Å². The fourth-order valence-electron chi connectivity index (χ4n) is 4.73. The van der Waals surface area contributed by atoms with E-state index in [0.29, 0.717) is 12.3 Å². The van der Waals surface area contributed by atoms with Gasteiger partial charge in [-0.1, -0.05) is 24.3 Å². The molecule has 33 heavy (non-hydrogen) atoms. The summed E-state index contributed by atoms with van der Waals surface area (Å²) in [6.07, 6.45) is 6.63. The first-order valence-electron chi connectivity index (χ1n) is 11.6. The Morgan fingerprint density at radius 1 is 1.18 bits per heavy atom. The lowest BCUT2D eigenvalue weighted by atomic mass is 9.84. The van der Waals surface area contributed by atoms with Crippen LogP contribution in [0.15, 0.2) is 59.6 Å². The minimum atomic E-state index is 0.0632. The largest absolute Gasteiger partial charge is 0.342 e. The minimum absolute atomic E-state index is 0.0632. The van der Waals surface area contributed by atoms with Crippen LogP contribution < -0.4 is 0 Å². The number of amides is 2. The minimum Gasteiger partial charge on any atom is -0.342 e.